The SMILES string of the molecule is Cc1ccc(C#N)cc1NC1COCc2ccccc21. The van der Waals surface area contributed by atoms with Gasteiger partial charge < -0.3 is 10.1 Å². The van der Waals surface area contributed by atoms with Crippen LogP contribution in [0, 0.1) is 18.3 Å². The summed E-state index contributed by atoms with van der Waals surface area (Å²) in [5.74, 6) is 0. The maximum atomic E-state index is 9.01. The van der Waals surface area contributed by atoms with Gasteiger partial charge in [-0.05, 0) is 35.7 Å². The highest BCUT2D eigenvalue weighted by atomic mass is 16.5. The molecule has 0 amide bonds. The molecule has 1 aliphatic rings. The van der Waals surface area contributed by atoms with Crippen LogP contribution in [0.1, 0.15) is 28.3 Å². The molecule has 1 unspecified atom stereocenters. The van der Waals surface area contributed by atoms with Crippen molar-refractivity contribution in [3.8, 4) is 6.07 Å². The molecule has 0 fully saturated rings. The number of hydrogen-bond donors (Lipinski definition) is 1. The minimum atomic E-state index is 0.132. The highest BCUT2D eigenvalue weighted by Gasteiger charge is 2.20. The largest absolute Gasteiger partial charge is 0.376 e. The molecule has 1 N–H and O–H groups in total. The van der Waals surface area contributed by atoms with Gasteiger partial charge in [-0.1, -0.05) is 30.3 Å². The second-order valence-corrected chi connectivity index (χ2v) is 5.05. The highest BCUT2D eigenvalue weighted by Crippen LogP contribution is 2.29. The predicted octanol–water partition coefficient (Wildman–Crippen LogP) is 3.55. The number of anilines is 1. The van der Waals surface area contributed by atoms with Crippen LogP contribution in [0.2, 0.25) is 0 Å². The topological polar surface area (TPSA) is 45.0 Å². The van der Waals surface area contributed by atoms with E-state index in [0.29, 0.717) is 18.8 Å². The van der Waals surface area contributed by atoms with Gasteiger partial charge in [0.05, 0.1) is 30.9 Å². The summed E-state index contributed by atoms with van der Waals surface area (Å²) in [6.45, 7) is 3.36. The Hall–Kier alpha value is -2.31. The number of nitrogens with zero attached hydrogens (tertiary/aromatic N) is 1. The van der Waals surface area contributed by atoms with Crippen molar-refractivity contribution in [1.29, 1.82) is 5.26 Å². The molecule has 0 radical (unpaired) electrons. The molecule has 3 heteroatoms. The lowest BCUT2D eigenvalue weighted by atomic mass is 9.98. The lowest BCUT2D eigenvalue weighted by molar-refractivity contribution is 0.0970. The molecule has 2 aromatic carbocycles. The Balaban J connectivity index is 1.91. The third-order valence-corrected chi connectivity index (χ3v) is 3.67. The van der Waals surface area contributed by atoms with E-state index in [1.807, 2.05) is 31.2 Å². The normalized spacial score (nSPS) is 17.1. The number of aryl methyl sites for hydroxylation is 1. The van der Waals surface area contributed by atoms with Crippen LogP contribution in [-0.4, -0.2) is 6.61 Å². The van der Waals surface area contributed by atoms with Crippen LogP contribution >= 0.6 is 0 Å². The van der Waals surface area contributed by atoms with Crippen molar-refractivity contribution in [2.24, 2.45) is 0 Å². The molecule has 0 aliphatic carbocycles. The molecule has 3 nitrogen and oxygen atoms in total. The van der Waals surface area contributed by atoms with Crippen molar-refractivity contribution in [1.82, 2.24) is 0 Å². The van der Waals surface area contributed by atoms with Gasteiger partial charge in [-0.3, -0.25) is 0 Å². The fraction of sp³-hybridized carbons (Fsp3) is 0.235. The fourth-order valence-electron chi connectivity index (χ4n) is 2.54. The van der Waals surface area contributed by atoms with Crippen molar-refractivity contribution >= 4 is 5.69 Å². The van der Waals surface area contributed by atoms with Crippen LogP contribution in [0.15, 0.2) is 42.5 Å². The van der Waals surface area contributed by atoms with E-state index in [1.54, 1.807) is 0 Å². The van der Waals surface area contributed by atoms with Gasteiger partial charge in [0.25, 0.3) is 0 Å². The standard InChI is InChI=1S/C17H16N2O/c1-12-6-7-13(9-18)8-16(12)19-17-11-20-10-14-4-2-3-5-15(14)17/h2-8,17,19H,10-11H2,1H3. The molecule has 0 saturated heterocycles. The van der Waals surface area contributed by atoms with E-state index < -0.39 is 0 Å². The van der Waals surface area contributed by atoms with Gasteiger partial charge in [0.15, 0.2) is 0 Å². The lowest BCUT2D eigenvalue weighted by Crippen LogP contribution is -2.23. The Kier molecular flexibility index (Phi) is 3.41. The molecule has 1 aliphatic heterocycles. The first-order chi connectivity index (χ1) is 9.78. The Bertz CT molecular complexity index is 673. The summed E-state index contributed by atoms with van der Waals surface area (Å²) in [5, 5.41) is 12.5. The summed E-state index contributed by atoms with van der Waals surface area (Å²) in [5.41, 5.74) is 5.30. The van der Waals surface area contributed by atoms with Crippen LogP contribution in [0.4, 0.5) is 5.69 Å². The molecule has 0 aromatic heterocycles. The summed E-state index contributed by atoms with van der Waals surface area (Å²) in [6.07, 6.45) is 0. The molecule has 1 atom stereocenters. The van der Waals surface area contributed by atoms with Gasteiger partial charge in [0, 0.05) is 5.69 Å². The summed E-state index contributed by atoms with van der Waals surface area (Å²) >= 11 is 0. The number of fused-ring (bicyclic) bond motifs is 1. The average molecular weight is 264 g/mol. The van der Waals surface area contributed by atoms with Gasteiger partial charge in [0.1, 0.15) is 0 Å². The first kappa shape index (κ1) is 12.7. The number of hydrogen-bond acceptors (Lipinski definition) is 3. The Morgan fingerprint density at radius 3 is 2.95 bits per heavy atom. The van der Waals surface area contributed by atoms with Gasteiger partial charge in [0.2, 0.25) is 0 Å². The number of benzene rings is 2. The quantitative estimate of drug-likeness (QED) is 0.902. The number of nitriles is 1. The van der Waals surface area contributed by atoms with Gasteiger partial charge in [-0.25, -0.2) is 0 Å². The molecule has 0 saturated carbocycles. The van der Waals surface area contributed by atoms with E-state index in [0.717, 1.165) is 11.3 Å². The minimum absolute atomic E-state index is 0.132. The zero-order valence-corrected chi connectivity index (χ0v) is 11.4. The van der Waals surface area contributed by atoms with E-state index >= 15 is 0 Å². The maximum absolute atomic E-state index is 9.01. The molecule has 3 rings (SSSR count). The van der Waals surface area contributed by atoms with Crippen LogP contribution in [-0.2, 0) is 11.3 Å². The fourth-order valence-corrected chi connectivity index (χ4v) is 2.54. The Labute approximate surface area is 118 Å². The second-order valence-electron chi connectivity index (χ2n) is 5.05. The molecule has 20 heavy (non-hydrogen) atoms. The van der Waals surface area contributed by atoms with Gasteiger partial charge in [-0.15, -0.1) is 0 Å². The Morgan fingerprint density at radius 2 is 2.10 bits per heavy atom. The van der Waals surface area contributed by atoms with Crippen LogP contribution in [0.25, 0.3) is 0 Å². The monoisotopic (exact) mass is 264 g/mol. The zero-order valence-electron chi connectivity index (χ0n) is 11.4. The van der Waals surface area contributed by atoms with Crippen LogP contribution in [0.5, 0.6) is 0 Å². The molecule has 100 valence electrons. The summed E-state index contributed by atoms with van der Waals surface area (Å²) in [7, 11) is 0. The van der Waals surface area contributed by atoms with E-state index in [4.69, 9.17) is 10.00 Å². The van der Waals surface area contributed by atoms with E-state index in [-0.39, 0.29) is 6.04 Å². The van der Waals surface area contributed by atoms with Crippen molar-refractivity contribution in [3.05, 3.63) is 64.7 Å². The smallest absolute Gasteiger partial charge is 0.0992 e. The zero-order chi connectivity index (χ0) is 13.9. The average Bonchev–Trinajstić information content (AvgIpc) is 2.50. The van der Waals surface area contributed by atoms with Crippen molar-refractivity contribution in [2.75, 3.05) is 11.9 Å². The first-order valence-corrected chi connectivity index (χ1v) is 6.71. The number of rotatable bonds is 2. The van der Waals surface area contributed by atoms with Crippen molar-refractivity contribution in [2.45, 2.75) is 19.6 Å². The summed E-state index contributed by atoms with van der Waals surface area (Å²) < 4.78 is 5.65. The third-order valence-electron chi connectivity index (χ3n) is 3.67. The molecule has 0 bridgehead atoms. The van der Waals surface area contributed by atoms with E-state index in [2.05, 4.69) is 29.6 Å². The number of nitrogens with one attached hydrogen (secondary N) is 1. The lowest BCUT2D eigenvalue weighted by Gasteiger charge is -2.28. The van der Waals surface area contributed by atoms with Gasteiger partial charge in [-0.2, -0.15) is 5.26 Å². The predicted molar refractivity (Wildman–Crippen MR) is 78.4 cm³/mol. The van der Waals surface area contributed by atoms with E-state index in [9.17, 15) is 0 Å². The van der Waals surface area contributed by atoms with Crippen molar-refractivity contribution < 1.29 is 4.74 Å². The maximum Gasteiger partial charge on any atom is 0.0992 e. The molecular weight excluding hydrogens is 248 g/mol. The minimum Gasteiger partial charge on any atom is -0.376 e. The Morgan fingerprint density at radius 1 is 1.25 bits per heavy atom. The second kappa shape index (κ2) is 5.36. The number of ether oxygens (including phenoxy) is 1. The molecular formula is C17H16N2O. The first-order valence-electron chi connectivity index (χ1n) is 6.71. The van der Waals surface area contributed by atoms with E-state index in [1.165, 1.54) is 11.1 Å². The molecule has 1 heterocycles. The van der Waals surface area contributed by atoms with Gasteiger partial charge >= 0.3 is 0 Å². The molecule has 0 spiro atoms. The highest BCUT2D eigenvalue weighted by molar-refractivity contribution is 5.56. The van der Waals surface area contributed by atoms with Crippen molar-refractivity contribution in [3.63, 3.8) is 0 Å². The van der Waals surface area contributed by atoms with Crippen LogP contribution < -0.4 is 5.32 Å². The third kappa shape index (κ3) is 2.38. The van der Waals surface area contributed by atoms with Crippen LogP contribution in [0.3, 0.4) is 0 Å². The summed E-state index contributed by atoms with van der Waals surface area (Å²) in [6, 6.07) is 16.3. The summed E-state index contributed by atoms with van der Waals surface area (Å²) in [4.78, 5) is 0. The molecule has 2 aromatic rings.